The Labute approximate surface area is 99.9 Å². The number of carboxylic acids is 1. The number of hydrogen-bond acceptors (Lipinski definition) is 2. The molecule has 0 saturated heterocycles. The Bertz CT molecular complexity index is 531. The lowest BCUT2D eigenvalue weighted by atomic mass is 9.96. The van der Waals surface area contributed by atoms with Gasteiger partial charge in [-0.25, -0.2) is 0 Å². The van der Waals surface area contributed by atoms with Crippen molar-refractivity contribution >= 4 is 16.7 Å². The van der Waals surface area contributed by atoms with Crippen LogP contribution in [0.2, 0.25) is 0 Å². The summed E-state index contributed by atoms with van der Waals surface area (Å²) in [6.07, 6.45) is 0.563. The minimum atomic E-state index is -0.805. The number of carbonyl (C=O) groups is 1. The van der Waals surface area contributed by atoms with E-state index in [4.69, 9.17) is 10.8 Å². The fourth-order valence-electron chi connectivity index (χ4n) is 2.01. The van der Waals surface area contributed by atoms with Gasteiger partial charge in [-0.15, -0.1) is 0 Å². The molecule has 2 aromatic rings. The summed E-state index contributed by atoms with van der Waals surface area (Å²) in [4.78, 5) is 10.5. The fourth-order valence-corrected chi connectivity index (χ4v) is 2.01. The average Bonchev–Trinajstić information content (AvgIpc) is 2.35. The number of carboxylic acid groups (broad SMARTS) is 1. The van der Waals surface area contributed by atoms with Crippen molar-refractivity contribution in [3.63, 3.8) is 0 Å². The first-order chi connectivity index (χ1) is 8.18. The smallest absolute Gasteiger partial charge is 0.303 e. The van der Waals surface area contributed by atoms with Crippen LogP contribution in [0.1, 0.15) is 24.4 Å². The predicted molar refractivity (Wildman–Crippen MR) is 67.7 cm³/mol. The van der Waals surface area contributed by atoms with Crippen LogP contribution in [0.4, 0.5) is 0 Å². The summed E-state index contributed by atoms with van der Waals surface area (Å²) in [5.74, 6) is -0.805. The van der Waals surface area contributed by atoms with Gasteiger partial charge in [-0.05, 0) is 22.8 Å². The monoisotopic (exact) mass is 229 g/mol. The fraction of sp³-hybridized carbons (Fsp3) is 0.214. The number of aliphatic carboxylic acids is 1. The van der Waals surface area contributed by atoms with Crippen LogP contribution in [0.25, 0.3) is 10.8 Å². The van der Waals surface area contributed by atoms with E-state index in [1.165, 1.54) is 0 Å². The van der Waals surface area contributed by atoms with Crippen LogP contribution in [-0.2, 0) is 4.79 Å². The number of fused-ring (bicyclic) bond motifs is 1. The summed E-state index contributed by atoms with van der Waals surface area (Å²) >= 11 is 0. The molecule has 0 aliphatic rings. The summed E-state index contributed by atoms with van der Waals surface area (Å²) < 4.78 is 0. The van der Waals surface area contributed by atoms with Gasteiger partial charge in [0.1, 0.15) is 0 Å². The Morgan fingerprint density at radius 3 is 2.65 bits per heavy atom. The standard InChI is InChI=1S/C14H15NO2/c15-13(8-9-14(16)17)12-7-3-5-10-4-1-2-6-11(10)12/h1-7,13H,8-9,15H2,(H,16,17). The number of nitrogens with two attached hydrogens (primary N) is 1. The van der Waals surface area contributed by atoms with Gasteiger partial charge in [-0.1, -0.05) is 42.5 Å². The number of rotatable bonds is 4. The predicted octanol–water partition coefficient (Wildman–Crippen LogP) is 2.70. The van der Waals surface area contributed by atoms with Crippen molar-refractivity contribution in [2.75, 3.05) is 0 Å². The molecule has 0 amide bonds. The van der Waals surface area contributed by atoms with Crippen LogP contribution in [0.3, 0.4) is 0 Å². The number of benzene rings is 2. The van der Waals surface area contributed by atoms with Gasteiger partial charge < -0.3 is 10.8 Å². The van der Waals surface area contributed by atoms with E-state index in [9.17, 15) is 4.79 Å². The third-order valence-electron chi connectivity index (χ3n) is 2.89. The van der Waals surface area contributed by atoms with Crippen molar-refractivity contribution < 1.29 is 9.90 Å². The molecule has 0 radical (unpaired) electrons. The zero-order valence-corrected chi connectivity index (χ0v) is 9.47. The van der Waals surface area contributed by atoms with E-state index < -0.39 is 5.97 Å². The van der Waals surface area contributed by atoms with Gasteiger partial charge in [-0.3, -0.25) is 4.79 Å². The molecule has 2 rings (SSSR count). The highest BCUT2D eigenvalue weighted by Gasteiger charge is 2.10. The first-order valence-electron chi connectivity index (χ1n) is 5.63. The molecule has 0 aliphatic heterocycles. The van der Waals surface area contributed by atoms with Gasteiger partial charge in [-0.2, -0.15) is 0 Å². The van der Waals surface area contributed by atoms with Gasteiger partial charge in [0.25, 0.3) is 0 Å². The van der Waals surface area contributed by atoms with Crippen molar-refractivity contribution in [3.05, 3.63) is 48.0 Å². The van der Waals surface area contributed by atoms with Crippen molar-refractivity contribution in [3.8, 4) is 0 Å². The molecule has 0 saturated carbocycles. The Morgan fingerprint density at radius 1 is 1.18 bits per heavy atom. The third kappa shape index (κ3) is 2.63. The van der Waals surface area contributed by atoms with E-state index >= 15 is 0 Å². The van der Waals surface area contributed by atoms with Crippen molar-refractivity contribution in [1.82, 2.24) is 0 Å². The van der Waals surface area contributed by atoms with Crippen molar-refractivity contribution in [2.24, 2.45) is 5.73 Å². The molecule has 0 aromatic heterocycles. The van der Waals surface area contributed by atoms with E-state index in [1.807, 2.05) is 42.5 Å². The van der Waals surface area contributed by atoms with Crippen molar-refractivity contribution in [2.45, 2.75) is 18.9 Å². The van der Waals surface area contributed by atoms with Crippen LogP contribution in [-0.4, -0.2) is 11.1 Å². The van der Waals surface area contributed by atoms with Gasteiger partial charge in [0, 0.05) is 12.5 Å². The van der Waals surface area contributed by atoms with Crippen LogP contribution in [0, 0.1) is 0 Å². The van der Waals surface area contributed by atoms with Crippen LogP contribution >= 0.6 is 0 Å². The molecule has 88 valence electrons. The minimum absolute atomic E-state index is 0.102. The Balaban J connectivity index is 2.31. The van der Waals surface area contributed by atoms with E-state index in [2.05, 4.69) is 0 Å². The highest BCUT2D eigenvalue weighted by molar-refractivity contribution is 5.86. The number of hydrogen-bond donors (Lipinski definition) is 2. The van der Waals surface area contributed by atoms with E-state index in [0.717, 1.165) is 16.3 Å². The summed E-state index contributed by atoms with van der Waals surface area (Å²) in [5, 5.41) is 10.9. The maximum atomic E-state index is 10.5. The van der Waals surface area contributed by atoms with Gasteiger partial charge in [0.05, 0.1) is 0 Å². The maximum Gasteiger partial charge on any atom is 0.303 e. The molecular formula is C14H15NO2. The zero-order valence-electron chi connectivity index (χ0n) is 9.47. The van der Waals surface area contributed by atoms with Crippen LogP contribution in [0.15, 0.2) is 42.5 Å². The minimum Gasteiger partial charge on any atom is -0.481 e. The van der Waals surface area contributed by atoms with E-state index in [-0.39, 0.29) is 12.5 Å². The SMILES string of the molecule is NC(CCC(=O)O)c1cccc2ccccc12. The normalized spacial score (nSPS) is 12.5. The molecule has 2 aromatic carbocycles. The molecule has 1 unspecified atom stereocenters. The second-order valence-electron chi connectivity index (χ2n) is 4.11. The second-order valence-corrected chi connectivity index (χ2v) is 4.11. The van der Waals surface area contributed by atoms with Gasteiger partial charge in [0.2, 0.25) is 0 Å². The highest BCUT2D eigenvalue weighted by Crippen LogP contribution is 2.25. The van der Waals surface area contributed by atoms with Gasteiger partial charge >= 0.3 is 5.97 Å². The summed E-state index contributed by atoms with van der Waals surface area (Å²) in [6.45, 7) is 0. The topological polar surface area (TPSA) is 63.3 Å². The third-order valence-corrected chi connectivity index (χ3v) is 2.89. The van der Waals surface area contributed by atoms with E-state index in [0.29, 0.717) is 6.42 Å². The molecule has 3 N–H and O–H groups in total. The molecule has 0 aliphatic carbocycles. The average molecular weight is 229 g/mol. The Kier molecular flexibility index (Phi) is 3.40. The second kappa shape index (κ2) is 4.97. The lowest BCUT2D eigenvalue weighted by Crippen LogP contribution is -2.12. The molecule has 0 fully saturated rings. The van der Waals surface area contributed by atoms with Crippen LogP contribution in [0.5, 0.6) is 0 Å². The first-order valence-corrected chi connectivity index (χ1v) is 5.63. The zero-order chi connectivity index (χ0) is 12.3. The Hall–Kier alpha value is -1.87. The Morgan fingerprint density at radius 2 is 1.88 bits per heavy atom. The largest absolute Gasteiger partial charge is 0.481 e. The summed E-state index contributed by atoms with van der Waals surface area (Å²) in [6, 6.07) is 13.7. The molecule has 0 heterocycles. The molecule has 1 atom stereocenters. The molecule has 3 nitrogen and oxygen atoms in total. The van der Waals surface area contributed by atoms with Gasteiger partial charge in [0.15, 0.2) is 0 Å². The molecule has 3 heteroatoms. The molecule has 0 spiro atoms. The van der Waals surface area contributed by atoms with E-state index in [1.54, 1.807) is 0 Å². The maximum absolute atomic E-state index is 10.5. The summed E-state index contributed by atoms with van der Waals surface area (Å²) in [7, 11) is 0. The lowest BCUT2D eigenvalue weighted by Gasteiger charge is -2.13. The molecule has 17 heavy (non-hydrogen) atoms. The van der Waals surface area contributed by atoms with Crippen molar-refractivity contribution in [1.29, 1.82) is 0 Å². The molecule has 0 bridgehead atoms. The first kappa shape index (κ1) is 11.6. The highest BCUT2D eigenvalue weighted by atomic mass is 16.4. The molecular weight excluding hydrogens is 214 g/mol. The lowest BCUT2D eigenvalue weighted by molar-refractivity contribution is -0.137. The summed E-state index contributed by atoms with van der Waals surface area (Å²) in [5.41, 5.74) is 7.06. The quantitative estimate of drug-likeness (QED) is 0.847. The van der Waals surface area contributed by atoms with Crippen LogP contribution < -0.4 is 5.73 Å².